The van der Waals surface area contributed by atoms with E-state index in [0.717, 1.165) is 5.56 Å². The summed E-state index contributed by atoms with van der Waals surface area (Å²) in [6.45, 7) is 4.51. The van der Waals surface area contributed by atoms with E-state index < -0.39 is 0 Å². The number of carbonyl (C=O) groups excluding carboxylic acids is 1. The first-order valence-electron chi connectivity index (χ1n) is 5.01. The summed E-state index contributed by atoms with van der Waals surface area (Å²) in [5.41, 5.74) is 1.29. The van der Waals surface area contributed by atoms with Crippen LogP contribution in [-0.2, 0) is 4.79 Å². The topological polar surface area (TPSA) is 62.0 Å². The molecule has 1 rings (SSSR count). The third-order valence-corrected chi connectivity index (χ3v) is 2.58. The average Bonchev–Trinajstić information content (AvgIpc) is 2.23. The summed E-state index contributed by atoms with van der Waals surface area (Å²) in [6, 6.07) is 5.22. The Morgan fingerprint density at radius 3 is 2.53 bits per heavy atom. The summed E-state index contributed by atoms with van der Waals surface area (Å²) in [5, 5.41) is 17.5. The minimum Gasteiger partial charge on any atom is -0.510 e. The predicted molar refractivity (Wildman–Crippen MR) is 66.7 cm³/mol. The number of hydrogen-bond donors (Lipinski definition) is 1. The van der Waals surface area contributed by atoms with Crippen molar-refractivity contribution in [1.29, 1.82) is 0 Å². The first kappa shape index (κ1) is 13.4. The van der Waals surface area contributed by atoms with Gasteiger partial charge in [0.15, 0.2) is 11.5 Å². The van der Waals surface area contributed by atoms with Gasteiger partial charge in [-0.25, -0.2) is 0 Å². The number of aliphatic hydroxyl groups excluding tert-OH is 1. The van der Waals surface area contributed by atoms with Crippen LogP contribution in [-0.4, -0.2) is 10.9 Å². The fraction of sp³-hybridized carbons (Fsp3) is 0.250. The first-order valence-corrected chi connectivity index (χ1v) is 5.39. The molecule has 17 heavy (non-hydrogen) atoms. The molecule has 1 N–H and O–H groups in total. The summed E-state index contributed by atoms with van der Waals surface area (Å²) in [5.74, 6) is -0.491. The zero-order chi connectivity index (χ0) is 13.0. The van der Waals surface area contributed by atoms with Gasteiger partial charge in [-0.15, -0.1) is 10.2 Å². The second kappa shape index (κ2) is 5.59. The van der Waals surface area contributed by atoms with E-state index >= 15 is 0 Å². The third-order valence-electron chi connectivity index (χ3n) is 2.17. The Morgan fingerprint density at radius 1 is 1.35 bits per heavy atom. The molecular formula is C12H13ClN2O2. The monoisotopic (exact) mass is 252 g/mol. The molecule has 5 heteroatoms. The molecule has 0 unspecified atom stereocenters. The highest BCUT2D eigenvalue weighted by molar-refractivity contribution is 6.31. The van der Waals surface area contributed by atoms with E-state index in [1.807, 2.05) is 0 Å². The molecule has 0 aliphatic rings. The van der Waals surface area contributed by atoms with E-state index in [2.05, 4.69) is 10.2 Å². The van der Waals surface area contributed by atoms with Crippen LogP contribution in [0.1, 0.15) is 19.4 Å². The minimum absolute atomic E-state index is 0.0515. The van der Waals surface area contributed by atoms with E-state index in [1.54, 1.807) is 25.1 Å². The lowest BCUT2D eigenvalue weighted by molar-refractivity contribution is -0.113. The molecule has 1 aromatic carbocycles. The van der Waals surface area contributed by atoms with Gasteiger partial charge in [-0.2, -0.15) is 0 Å². The normalized spacial score (nSPS) is 12.7. The standard InChI is InChI=1S/C12H13ClN2O2/c1-7-10(13)5-4-6-11(7)14-15-12(8(2)16)9(3)17/h4-6,16H,1-3H3/b12-8+,15-14?. The van der Waals surface area contributed by atoms with Gasteiger partial charge >= 0.3 is 0 Å². The average molecular weight is 253 g/mol. The molecule has 0 aromatic heterocycles. The van der Waals surface area contributed by atoms with Crippen molar-refractivity contribution in [3.05, 3.63) is 40.2 Å². The van der Waals surface area contributed by atoms with E-state index in [9.17, 15) is 9.90 Å². The van der Waals surface area contributed by atoms with Crippen molar-refractivity contribution >= 4 is 23.1 Å². The van der Waals surface area contributed by atoms with Crippen molar-refractivity contribution in [2.24, 2.45) is 10.2 Å². The maximum absolute atomic E-state index is 11.2. The maximum atomic E-state index is 11.2. The van der Waals surface area contributed by atoms with Gasteiger partial charge in [-0.1, -0.05) is 17.7 Å². The Balaban J connectivity index is 3.10. The summed E-state index contributed by atoms with van der Waals surface area (Å²) in [4.78, 5) is 11.2. The molecule has 0 heterocycles. The fourth-order valence-corrected chi connectivity index (χ4v) is 1.38. The Labute approximate surface area is 105 Å². The van der Waals surface area contributed by atoms with Crippen LogP contribution in [0.4, 0.5) is 5.69 Å². The zero-order valence-corrected chi connectivity index (χ0v) is 10.6. The fourth-order valence-electron chi connectivity index (χ4n) is 1.21. The molecule has 0 aliphatic heterocycles. The maximum Gasteiger partial charge on any atom is 0.183 e. The minimum atomic E-state index is -0.339. The highest BCUT2D eigenvalue weighted by Crippen LogP contribution is 2.26. The van der Waals surface area contributed by atoms with Crippen LogP contribution in [0.2, 0.25) is 5.02 Å². The van der Waals surface area contributed by atoms with E-state index in [4.69, 9.17) is 11.6 Å². The van der Waals surface area contributed by atoms with Gasteiger partial charge in [-0.3, -0.25) is 4.79 Å². The van der Waals surface area contributed by atoms with Crippen molar-refractivity contribution in [2.75, 3.05) is 0 Å². The SMILES string of the molecule is CC(=O)/C(N=Nc1cccc(Cl)c1C)=C(/C)O. The van der Waals surface area contributed by atoms with E-state index in [0.29, 0.717) is 10.7 Å². The second-order valence-electron chi connectivity index (χ2n) is 3.57. The molecule has 1 aromatic rings. The Morgan fingerprint density at radius 2 is 2.00 bits per heavy atom. The molecule has 0 bridgehead atoms. The van der Waals surface area contributed by atoms with Crippen molar-refractivity contribution in [3.8, 4) is 0 Å². The van der Waals surface area contributed by atoms with Crippen molar-refractivity contribution < 1.29 is 9.90 Å². The van der Waals surface area contributed by atoms with Crippen molar-refractivity contribution in [2.45, 2.75) is 20.8 Å². The number of benzene rings is 1. The van der Waals surface area contributed by atoms with Crippen LogP contribution in [0.5, 0.6) is 0 Å². The summed E-state index contributed by atoms with van der Waals surface area (Å²) in [6.07, 6.45) is 0. The molecule has 0 spiro atoms. The van der Waals surface area contributed by atoms with Gasteiger partial charge in [0, 0.05) is 11.9 Å². The summed E-state index contributed by atoms with van der Waals surface area (Å²) < 4.78 is 0. The number of allylic oxidation sites excluding steroid dienone is 2. The lowest BCUT2D eigenvalue weighted by atomic mass is 10.2. The van der Waals surface area contributed by atoms with Crippen molar-refractivity contribution in [1.82, 2.24) is 0 Å². The molecule has 0 fully saturated rings. The molecule has 90 valence electrons. The molecular weight excluding hydrogens is 240 g/mol. The lowest BCUT2D eigenvalue weighted by Gasteiger charge is -2.01. The van der Waals surface area contributed by atoms with Crippen LogP contribution in [0.15, 0.2) is 39.9 Å². The first-order chi connectivity index (χ1) is 7.93. The number of halogens is 1. The molecule has 0 saturated heterocycles. The Hall–Kier alpha value is -1.68. The number of carbonyl (C=O) groups is 1. The Kier molecular flexibility index (Phi) is 4.40. The van der Waals surface area contributed by atoms with Crippen molar-refractivity contribution in [3.63, 3.8) is 0 Å². The van der Waals surface area contributed by atoms with Crippen LogP contribution in [0.3, 0.4) is 0 Å². The van der Waals surface area contributed by atoms with Gasteiger partial charge < -0.3 is 5.11 Å². The van der Waals surface area contributed by atoms with Gasteiger partial charge in [-0.05, 0) is 31.5 Å². The van der Waals surface area contributed by atoms with Crippen LogP contribution in [0, 0.1) is 6.92 Å². The van der Waals surface area contributed by atoms with E-state index in [1.165, 1.54) is 13.8 Å². The van der Waals surface area contributed by atoms with E-state index in [-0.39, 0.29) is 17.2 Å². The largest absolute Gasteiger partial charge is 0.510 e. The number of nitrogens with zero attached hydrogens (tertiary/aromatic N) is 2. The van der Waals surface area contributed by atoms with Crippen LogP contribution < -0.4 is 0 Å². The number of hydrogen-bond acceptors (Lipinski definition) is 4. The Bertz CT molecular complexity index is 503. The number of rotatable bonds is 3. The number of ketones is 1. The van der Waals surface area contributed by atoms with Gasteiger partial charge in [0.1, 0.15) is 5.76 Å². The smallest absolute Gasteiger partial charge is 0.183 e. The summed E-state index contributed by atoms with van der Waals surface area (Å²) >= 11 is 5.92. The summed E-state index contributed by atoms with van der Waals surface area (Å²) in [7, 11) is 0. The highest BCUT2D eigenvalue weighted by Gasteiger charge is 2.07. The quantitative estimate of drug-likeness (QED) is 0.500. The molecule has 0 aliphatic carbocycles. The van der Waals surface area contributed by atoms with Gasteiger partial charge in [0.2, 0.25) is 0 Å². The zero-order valence-electron chi connectivity index (χ0n) is 9.86. The van der Waals surface area contributed by atoms with Gasteiger partial charge in [0.25, 0.3) is 0 Å². The molecule has 0 atom stereocenters. The molecule has 4 nitrogen and oxygen atoms in total. The predicted octanol–water partition coefficient (Wildman–Crippen LogP) is 4.11. The van der Waals surface area contributed by atoms with Gasteiger partial charge in [0.05, 0.1) is 5.69 Å². The molecule has 0 amide bonds. The molecule has 0 saturated carbocycles. The lowest BCUT2D eigenvalue weighted by Crippen LogP contribution is -1.96. The third kappa shape index (κ3) is 3.39. The highest BCUT2D eigenvalue weighted by atomic mass is 35.5. The van der Waals surface area contributed by atoms with Crippen LogP contribution >= 0.6 is 11.6 Å². The van der Waals surface area contributed by atoms with Crippen LogP contribution in [0.25, 0.3) is 0 Å². The second-order valence-corrected chi connectivity index (χ2v) is 3.98. The number of aliphatic hydroxyl groups is 1. The molecule has 0 radical (unpaired) electrons. The number of azo groups is 1. The number of Topliss-reactive ketones (excluding diaryl/α,β-unsaturated/α-hetero) is 1.